The zero-order chi connectivity index (χ0) is 36.4. The van der Waals surface area contributed by atoms with Crippen LogP contribution in [0.4, 0.5) is 0 Å². The monoisotopic (exact) mass is 678 g/mol. The summed E-state index contributed by atoms with van der Waals surface area (Å²) in [6.45, 7) is 9.27. The third-order valence-electron chi connectivity index (χ3n) is 9.57. The van der Waals surface area contributed by atoms with Crippen molar-refractivity contribution in [1.29, 1.82) is 0 Å². The molecule has 0 saturated carbocycles. The molecule has 0 heterocycles. The second-order valence-electron chi connectivity index (χ2n) is 13.7. The molecule has 6 rings (SSSR count). The van der Waals surface area contributed by atoms with Gasteiger partial charge in [-0.2, -0.15) is 0 Å². The van der Waals surface area contributed by atoms with E-state index in [0.717, 1.165) is 30.5 Å². The number of rotatable bonds is 7. The number of carbonyl (C=O) groups excluding carboxylic acids is 3. The third-order valence-corrected chi connectivity index (χ3v) is 9.57. The quantitative estimate of drug-likeness (QED) is 0.0982. The molecule has 0 spiro atoms. The Balaban J connectivity index is 1.52. The lowest BCUT2D eigenvalue weighted by Gasteiger charge is -2.40. The molecule has 0 saturated heterocycles. The lowest BCUT2D eigenvalue weighted by Crippen LogP contribution is -2.42. The normalized spacial score (nSPS) is 18.5. The van der Waals surface area contributed by atoms with E-state index in [-0.39, 0.29) is 62.3 Å². The van der Waals surface area contributed by atoms with E-state index in [1.54, 1.807) is 13.0 Å². The average Bonchev–Trinajstić information content (AvgIpc) is 2.99. The van der Waals surface area contributed by atoms with Gasteiger partial charge in [-0.25, -0.2) is 0 Å². The predicted octanol–water partition coefficient (Wildman–Crippen LogP) is 6.99. The number of aryl methyl sites for hydroxylation is 1. The molecule has 10 nitrogen and oxygen atoms in total. The van der Waals surface area contributed by atoms with E-state index in [2.05, 4.69) is 6.08 Å². The molecule has 6 N–H and O–H groups in total. The van der Waals surface area contributed by atoms with E-state index >= 15 is 0 Å². The maximum Gasteiger partial charge on any atom is 0.201 e. The van der Waals surface area contributed by atoms with Crippen molar-refractivity contribution in [1.82, 2.24) is 0 Å². The topological polar surface area (TPSA) is 182 Å². The number of ketones is 3. The summed E-state index contributed by atoms with van der Waals surface area (Å²) < 4.78 is 5.94. The van der Waals surface area contributed by atoms with Gasteiger partial charge in [-0.15, -0.1) is 0 Å². The molecule has 2 aliphatic carbocycles. The van der Waals surface area contributed by atoms with Crippen molar-refractivity contribution in [3.8, 4) is 34.5 Å². The summed E-state index contributed by atoms with van der Waals surface area (Å²) in [5, 5.41) is 66.5. The van der Waals surface area contributed by atoms with E-state index in [9.17, 15) is 45.0 Å². The molecule has 0 bridgehead atoms. The highest BCUT2D eigenvalue weighted by atomic mass is 16.5. The van der Waals surface area contributed by atoms with Crippen LogP contribution in [0.1, 0.15) is 112 Å². The molecule has 0 amide bonds. The number of carbonyl (C=O) groups is 3. The number of ether oxygens (including phenoxy) is 1. The number of phenols is 5. The number of aliphatic hydroxyl groups is 1. The Kier molecular flexibility index (Phi) is 8.48. The molecule has 2 aliphatic rings. The zero-order valence-electron chi connectivity index (χ0n) is 28.3. The highest BCUT2D eigenvalue weighted by molar-refractivity contribution is 6.31. The van der Waals surface area contributed by atoms with Gasteiger partial charge in [0.15, 0.2) is 11.6 Å². The Morgan fingerprint density at radius 1 is 0.840 bits per heavy atom. The van der Waals surface area contributed by atoms with Gasteiger partial charge in [0.2, 0.25) is 5.78 Å². The minimum atomic E-state index is -1.87. The van der Waals surface area contributed by atoms with Crippen LogP contribution < -0.4 is 4.74 Å². The van der Waals surface area contributed by atoms with Crippen molar-refractivity contribution in [3.05, 3.63) is 104 Å². The van der Waals surface area contributed by atoms with Gasteiger partial charge in [0.25, 0.3) is 0 Å². The number of hydrogen-bond donors (Lipinski definition) is 6. The van der Waals surface area contributed by atoms with Crippen LogP contribution in [0.2, 0.25) is 0 Å². The van der Waals surface area contributed by atoms with Crippen LogP contribution in [-0.2, 0) is 0 Å². The molecule has 258 valence electrons. The number of fused-ring (bicyclic) bond motifs is 4. The SMILES string of the molecule is CC(C)=CCCC(C)=CCOc1cc(O)c2c(O)c3c(cc2c1)[C@@H](c1c(C)cc(O)c2c1C(=O)c1cc(O)cc(O)c1C2=O)[C@](C)(O)CC3=O. The number of Topliss-reactive ketones (excluding diaryl/α,β-unsaturated/α-hetero) is 1. The first kappa shape index (κ1) is 34.3. The fourth-order valence-corrected chi connectivity index (χ4v) is 7.33. The van der Waals surface area contributed by atoms with Crippen LogP contribution in [0.3, 0.4) is 0 Å². The van der Waals surface area contributed by atoms with E-state index in [4.69, 9.17) is 4.74 Å². The van der Waals surface area contributed by atoms with Gasteiger partial charge in [-0.05, 0) is 99.9 Å². The smallest absolute Gasteiger partial charge is 0.201 e. The molecular formula is C40H38O10. The Morgan fingerprint density at radius 2 is 1.54 bits per heavy atom. The summed E-state index contributed by atoms with van der Waals surface area (Å²) in [6.07, 6.45) is 5.36. The minimum Gasteiger partial charge on any atom is -0.508 e. The molecule has 4 aromatic rings. The Morgan fingerprint density at radius 3 is 2.24 bits per heavy atom. The number of benzene rings is 4. The van der Waals surface area contributed by atoms with Crippen molar-refractivity contribution in [2.45, 2.75) is 65.4 Å². The number of aromatic hydroxyl groups is 5. The van der Waals surface area contributed by atoms with Crippen molar-refractivity contribution in [2.75, 3.05) is 6.61 Å². The molecular weight excluding hydrogens is 640 g/mol. The Bertz CT molecular complexity index is 2220. The summed E-state index contributed by atoms with van der Waals surface area (Å²) in [4.78, 5) is 41.5. The molecule has 50 heavy (non-hydrogen) atoms. The van der Waals surface area contributed by atoms with Crippen molar-refractivity contribution in [3.63, 3.8) is 0 Å². The van der Waals surface area contributed by atoms with Crippen molar-refractivity contribution < 1.29 is 49.8 Å². The van der Waals surface area contributed by atoms with Gasteiger partial charge in [-0.1, -0.05) is 17.2 Å². The van der Waals surface area contributed by atoms with Gasteiger partial charge in [0.1, 0.15) is 41.1 Å². The number of allylic oxidation sites excluding steroid dienone is 3. The van der Waals surface area contributed by atoms with Crippen LogP contribution in [0.15, 0.2) is 59.7 Å². The predicted molar refractivity (Wildman–Crippen MR) is 186 cm³/mol. The summed E-state index contributed by atoms with van der Waals surface area (Å²) in [5.41, 5.74) is -0.480. The van der Waals surface area contributed by atoms with Crippen LogP contribution in [0.25, 0.3) is 10.8 Å². The minimum absolute atomic E-state index is 0.00576. The summed E-state index contributed by atoms with van der Waals surface area (Å²) >= 11 is 0. The molecule has 2 atom stereocenters. The van der Waals surface area contributed by atoms with E-state index in [1.807, 2.05) is 26.8 Å². The standard InChI is InChI=1S/C40H38O10/c1-18(2)7-6-8-19(3)9-10-50-23-12-21-13-24-32(38(47)31(21)28(44)16-23)29(45)17-40(5,49)36(24)30-20(4)11-26(42)34-35(30)37(46)25-14-22(41)15-27(43)33(25)39(34)48/h7,9,11-16,36,41-44,47,49H,6,8,10,17H2,1-5H3/t36-,40+/m0/s1. The average molecular weight is 679 g/mol. The fourth-order valence-electron chi connectivity index (χ4n) is 7.33. The summed E-state index contributed by atoms with van der Waals surface area (Å²) in [7, 11) is 0. The third kappa shape index (κ3) is 5.65. The first-order chi connectivity index (χ1) is 23.5. The van der Waals surface area contributed by atoms with Crippen molar-refractivity contribution in [2.24, 2.45) is 0 Å². The molecule has 0 aliphatic heterocycles. The lowest BCUT2D eigenvalue weighted by molar-refractivity contribution is 0.0272. The highest BCUT2D eigenvalue weighted by Gasteiger charge is 2.48. The largest absolute Gasteiger partial charge is 0.508 e. The van der Waals surface area contributed by atoms with Gasteiger partial charge >= 0.3 is 0 Å². The maximum absolute atomic E-state index is 14.2. The van der Waals surface area contributed by atoms with Gasteiger partial charge in [0, 0.05) is 35.6 Å². The second kappa shape index (κ2) is 12.4. The molecule has 4 aromatic carbocycles. The molecule has 0 aromatic heterocycles. The Hall–Kier alpha value is -5.61. The number of phenolic OH excluding ortho intramolecular Hbond substituents is 5. The first-order valence-corrected chi connectivity index (χ1v) is 16.2. The number of hydrogen-bond acceptors (Lipinski definition) is 10. The molecule has 0 radical (unpaired) electrons. The molecule has 10 heteroatoms. The van der Waals surface area contributed by atoms with E-state index in [1.165, 1.54) is 30.7 Å². The lowest BCUT2D eigenvalue weighted by atomic mass is 9.65. The second-order valence-corrected chi connectivity index (χ2v) is 13.7. The fraction of sp³-hybridized carbons (Fsp3) is 0.275. The Labute approximate surface area is 288 Å². The summed E-state index contributed by atoms with van der Waals surface area (Å²) in [6, 6.07) is 7.69. The van der Waals surface area contributed by atoms with E-state index in [0.29, 0.717) is 5.56 Å². The zero-order valence-corrected chi connectivity index (χ0v) is 28.3. The van der Waals surface area contributed by atoms with Crippen molar-refractivity contribution >= 4 is 28.1 Å². The highest BCUT2D eigenvalue weighted by Crippen LogP contribution is 2.53. The first-order valence-electron chi connectivity index (χ1n) is 16.2. The van der Waals surface area contributed by atoms with Gasteiger partial charge < -0.3 is 35.4 Å². The molecule has 0 unspecified atom stereocenters. The van der Waals surface area contributed by atoms with Crippen LogP contribution in [-0.4, -0.2) is 60.2 Å². The summed E-state index contributed by atoms with van der Waals surface area (Å²) in [5.74, 6) is -5.69. The van der Waals surface area contributed by atoms with E-state index < -0.39 is 63.9 Å². The van der Waals surface area contributed by atoms with Crippen LogP contribution >= 0.6 is 0 Å². The molecule has 0 fully saturated rings. The van der Waals surface area contributed by atoms with Crippen LogP contribution in [0.5, 0.6) is 34.5 Å². The van der Waals surface area contributed by atoms with Gasteiger partial charge in [-0.3, -0.25) is 14.4 Å². The van der Waals surface area contributed by atoms with Crippen LogP contribution in [0, 0.1) is 6.92 Å². The maximum atomic E-state index is 14.2. The van der Waals surface area contributed by atoms with Gasteiger partial charge in [0.05, 0.1) is 27.7 Å².